The maximum absolute atomic E-state index is 5.33. The first-order chi connectivity index (χ1) is 9.15. The van der Waals surface area contributed by atoms with Crippen molar-refractivity contribution in [3.05, 3.63) is 45.9 Å². The van der Waals surface area contributed by atoms with E-state index < -0.39 is 0 Å². The van der Waals surface area contributed by atoms with Gasteiger partial charge in [0, 0.05) is 12.0 Å². The Bertz CT molecular complexity index is 612. The lowest BCUT2D eigenvalue weighted by Gasteiger charge is -2.09. The van der Waals surface area contributed by atoms with Crippen LogP contribution in [0.1, 0.15) is 37.2 Å². The number of benzene rings is 1. The molecule has 2 nitrogen and oxygen atoms in total. The van der Waals surface area contributed by atoms with Crippen LogP contribution in [0.3, 0.4) is 0 Å². The van der Waals surface area contributed by atoms with Crippen molar-refractivity contribution >= 4 is 12.2 Å². The van der Waals surface area contributed by atoms with Crippen LogP contribution >= 0.6 is 12.2 Å². The van der Waals surface area contributed by atoms with Gasteiger partial charge in [0.2, 0.25) is 0 Å². The first-order valence-electron chi connectivity index (χ1n) is 6.84. The molecule has 0 saturated carbocycles. The molecule has 0 aliphatic carbocycles. The van der Waals surface area contributed by atoms with Crippen molar-refractivity contribution in [3.8, 4) is 11.3 Å². The molecule has 0 aliphatic rings. The van der Waals surface area contributed by atoms with E-state index in [4.69, 9.17) is 12.2 Å². The summed E-state index contributed by atoms with van der Waals surface area (Å²) in [6, 6.07) is 8.72. The van der Waals surface area contributed by atoms with Crippen LogP contribution in [0, 0.1) is 11.6 Å². The lowest BCUT2D eigenvalue weighted by atomic mass is 10.0. The highest BCUT2D eigenvalue weighted by Gasteiger charge is 2.06. The molecule has 100 valence electrons. The molecule has 2 rings (SSSR count). The zero-order valence-corrected chi connectivity index (χ0v) is 12.6. The number of aromatic nitrogens is 2. The summed E-state index contributed by atoms with van der Waals surface area (Å²) < 4.78 is 0.697. The van der Waals surface area contributed by atoms with E-state index in [-0.39, 0.29) is 0 Å². The molecule has 2 aromatic rings. The predicted octanol–water partition coefficient (Wildman–Crippen LogP) is 4.63. The van der Waals surface area contributed by atoms with Crippen molar-refractivity contribution in [3.63, 3.8) is 0 Å². The second-order valence-corrected chi connectivity index (χ2v) is 5.18. The highest BCUT2D eigenvalue weighted by molar-refractivity contribution is 7.71. The molecule has 0 aliphatic heterocycles. The van der Waals surface area contributed by atoms with E-state index in [1.54, 1.807) is 0 Å². The monoisotopic (exact) mass is 272 g/mol. The fraction of sp³-hybridized carbons (Fsp3) is 0.375. The minimum atomic E-state index is 0.697. The molecule has 1 heterocycles. The van der Waals surface area contributed by atoms with Crippen LogP contribution in [-0.4, -0.2) is 9.97 Å². The van der Waals surface area contributed by atoms with E-state index in [0.29, 0.717) is 4.64 Å². The van der Waals surface area contributed by atoms with Gasteiger partial charge in [0.05, 0.1) is 5.69 Å². The lowest BCUT2D eigenvalue weighted by molar-refractivity contribution is 0.919. The minimum Gasteiger partial charge on any atom is -0.343 e. The number of aromatic amines is 1. The van der Waals surface area contributed by atoms with Gasteiger partial charge in [0.1, 0.15) is 10.5 Å². The molecule has 19 heavy (non-hydrogen) atoms. The van der Waals surface area contributed by atoms with Gasteiger partial charge in [-0.1, -0.05) is 56.8 Å². The van der Waals surface area contributed by atoms with Crippen molar-refractivity contribution in [2.45, 2.75) is 40.0 Å². The Morgan fingerprint density at radius 2 is 1.84 bits per heavy atom. The standard InChI is InChI=1S/C16H20N2S/c1-4-6-12-7-9-13(10-8-12)15-11(3)16(19)18-14(5-2)17-15/h7-10H,4-6H2,1-3H3,(H,17,18,19). The molecule has 0 radical (unpaired) electrons. The van der Waals surface area contributed by atoms with E-state index in [2.05, 4.69) is 48.1 Å². The fourth-order valence-electron chi connectivity index (χ4n) is 2.16. The van der Waals surface area contributed by atoms with Gasteiger partial charge in [0.25, 0.3) is 0 Å². The molecule has 0 unspecified atom stereocenters. The SMILES string of the molecule is CCCc1ccc(-c2[nH]c(CC)nc(=S)c2C)cc1. The number of rotatable bonds is 4. The van der Waals surface area contributed by atoms with Crippen LogP contribution in [-0.2, 0) is 12.8 Å². The average Bonchev–Trinajstić information content (AvgIpc) is 2.43. The third-order valence-corrected chi connectivity index (χ3v) is 3.72. The van der Waals surface area contributed by atoms with Crippen LogP contribution < -0.4 is 0 Å². The second kappa shape index (κ2) is 6.11. The van der Waals surface area contributed by atoms with E-state index in [1.807, 2.05) is 6.92 Å². The van der Waals surface area contributed by atoms with Crippen molar-refractivity contribution in [2.24, 2.45) is 0 Å². The highest BCUT2D eigenvalue weighted by Crippen LogP contribution is 2.22. The van der Waals surface area contributed by atoms with E-state index >= 15 is 0 Å². The molecule has 3 heteroatoms. The van der Waals surface area contributed by atoms with Gasteiger partial charge in [0.15, 0.2) is 0 Å². The third-order valence-electron chi connectivity index (χ3n) is 3.32. The highest BCUT2D eigenvalue weighted by atomic mass is 32.1. The Morgan fingerprint density at radius 3 is 2.42 bits per heavy atom. The largest absolute Gasteiger partial charge is 0.343 e. The summed E-state index contributed by atoms with van der Waals surface area (Å²) in [6.45, 7) is 6.31. The average molecular weight is 272 g/mol. The minimum absolute atomic E-state index is 0.697. The topological polar surface area (TPSA) is 28.7 Å². The smallest absolute Gasteiger partial charge is 0.133 e. The Morgan fingerprint density at radius 1 is 1.16 bits per heavy atom. The van der Waals surface area contributed by atoms with Crippen LogP contribution in [0.25, 0.3) is 11.3 Å². The van der Waals surface area contributed by atoms with Crippen LogP contribution in [0.5, 0.6) is 0 Å². The summed E-state index contributed by atoms with van der Waals surface area (Å²) in [6.07, 6.45) is 3.17. The summed E-state index contributed by atoms with van der Waals surface area (Å²) in [7, 11) is 0. The van der Waals surface area contributed by atoms with Gasteiger partial charge >= 0.3 is 0 Å². The Hall–Kier alpha value is -1.48. The normalized spacial score (nSPS) is 10.7. The van der Waals surface area contributed by atoms with Crippen molar-refractivity contribution < 1.29 is 0 Å². The zero-order valence-electron chi connectivity index (χ0n) is 11.8. The first-order valence-corrected chi connectivity index (χ1v) is 7.25. The maximum atomic E-state index is 5.33. The number of nitrogens with one attached hydrogen (secondary N) is 1. The first kappa shape index (κ1) is 13.9. The predicted molar refractivity (Wildman–Crippen MR) is 83.0 cm³/mol. The number of aryl methyl sites for hydroxylation is 2. The van der Waals surface area contributed by atoms with Crippen molar-refractivity contribution in [1.29, 1.82) is 0 Å². The third kappa shape index (κ3) is 3.10. The van der Waals surface area contributed by atoms with Crippen LogP contribution in [0.4, 0.5) is 0 Å². The summed E-state index contributed by atoms with van der Waals surface area (Å²) in [4.78, 5) is 7.78. The fourth-order valence-corrected chi connectivity index (χ4v) is 2.37. The van der Waals surface area contributed by atoms with Gasteiger partial charge in [-0.05, 0) is 24.5 Å². The molecule has 0 atom stereocenters. The number of hydrogen-bond acceptors (Lipinski definition) is 2. The molecule has 0 spiro atoms. The summed E-state index contributed by atoms with van der Waals surface area (Å²) >= 11 is 5.33. The molecule has 1 N–H and O–H groups in total. The molecule has 1 aromatic carbocycles. The molecule has 0 saturated heterocycles. The van der Waals surface area contributed by atoms with Gasteiger partial charge in [-0.25, -0.2) is 4.98 Å². The molecule has 1 aromatic heterocycles. The van der Waals surface area contributed by atoms with Gasteiger partial charge in [-0.15, -0.1) is 0 Å². The summed E-state index contributed by atoms with van der Waals surface area (Å²) in [5, 5.41) is 0. The zero-order chi connectivity index (χ0) is 13.8. The van der Waals surface area contributed by atoms with Crippen LogP contribution in [0.15, 0.2) is 24.3 Å². The van der Waals surface area contributed by atoms with Gasteiger partial charge < -0.3 is 4.98 Å². The Balaban J connectivity index is 2.46. The van der Waals surface area contributed by atoms with Crippen molar-refractivity contribution in [2.75, 3.05) is 0 Å². The molecular formula is C16H20N2S. The maximum Gasteiger partial charge on any atom is 0.133 e. The molecule has 0 bridgehead atoms. The summed E-state index contributed by atoms with van der Waals surface area (Å²) in [5.74, 6) is 0.947. The lowest BCUT2D eigenvalue weighted by Crippen LogP contribution is -1.99. The molecule has 0 amide bonds. The van der Waals surface area contributed by atoms with Gasteiger partial charge in [-0.3, -0.25) is 0 Å². The van der Waals surface area contributed by atoms with Crippen LogP contribution in [0.2, 0.25) is 0 Å². The number of nitrogens with zero attached hydrogens (tertiary/aromatic N) is 1. The number of hydrogen-bond donors (Lipinski definition) is 1. The van der Waals surface area contributed by atoms with E-state index in [1.165, 1.54) is 17.5 Å². The second-order valence-electron chi connectivity index (χ2n) is 4.79. The van der Waals surface area contributed by atoms with E-state index in [0.717, 1.165) is 29.9 Å². The summed E-state index contributed by atoms with van der Waals surface area (Å²) in [5.41, 5.74) is 4.71. The van der Waals surface area contributed by atoms with E-state index in [9.17, 15) is 0 Å². The quantitative estimate of drug-likeness (QED) is 0.822. The molecule has 0 fully saturated rings. The van der Waals surface area contributed by atoms with Crippen molar-refractivity contribution in [1.82, 2.24) is 9.97 Å². The molecular weight excluding hydrogens is 252 g/mol. The Kier molecular flexibility index (Phi) is 4.48. The number of H-pyrrole nitrogens is 1. The Labute approximate surface area is 119 Å². The van der Waals surface area contributed by atoms with Gasteiger partial charge in [-0.2, -0.15) is 0 Å².